The third-order valence-electron chi connectivity index (χ3n) is 5.36. The molecule has 1 saturated carbocycles. The van der Waals surface area contributed by atoms with E-state index in [1.54, 1.807) is 0 Å². The number of nitrogens with zero attached hydrogens (tertiary/aromatic N) is 4. The monoisotopic (exact) mass is 396 g/mol. The van der Waals surface area contributed by atoms with Crippen molar-refractivity contribution in [1.82, 2.24) is 19.9 Å². The van der Waals surface area contributed by atoms with Gasteiger partial charge < -0.3 is 14.2 Å². The largest absolute Gasteiger partial charge is 0.422 e. The van der Waals surface area contributed by atoms with E-state index in [2.05, 4.69) is 15.4 Å². The average Bonchev–Trinajstić information content (AvgIpc) is 3.03. The Balaban J connectivity index is 1.85. The first-order valence-corrected chi connectivity index (χ1v) is 8.11. The van der Waals surface area contributed by atoms with E-state index in [1.807, 2.05) is 0 Å². The van der Waals surface area contributed by atoms with Crippen LogP contribution in [0.4, 0.5) is 26.3 Å². The maximum Gasteiger partial charge on any atom is 0.422 e. The molecular weight excluding hydrogens is 382 g/mol. The first kappa shape index (κ1) is 18.3. The van der Waals surface area contributed by atoms with E-state index in [9.17, 15) is 31.4 Å². The molecule has 0 bridgehead atoms. The summed E-state index contributed by atoms with van der Waals surface area (Å²) in [4.78, 5) is 0. The van der Waals surface area contributed by atoms with Crippen LogP contribution < -0.4 is 0 Å². The van der Waals surface area contributed by atoms with Gasteiger partial charge in [0.1, 0.15) is 16.9 Å². The predicted molar refractivity (Wildman–Crippen MR) is 76.5 cm³/mol. The van der Waals surface area contributed by atoms with Crippen LogP contribution in [-0.4, -0.2) is 37.4 Å². The molecule has 12 heteroatoms. The first-order valence-electron chi connectivity index (χ1n) is 8.11. The summed E-state index contributed by atoms with van der Waals surface area (Å²) in [7, 11) is 0. The van der Waals surface area contributed by atoms with Gasteiger partial charge in [-0.3, -0.25) is 0 Å². The summed E-state index contributed by atoms with van der Waals surface area (Å²) in [6, 6.07) is 0. The molecule has 2 atom stereocenters. The molecule has 6 nitrogen and oxygen atoms in total. The van der Waals surface area contributed by atoms with Gasteiger partial charge in [-0.25, -0.2) is 0 Å². The Morgan fingerprint density at radius 2 is 1.78 bits per heavy atom. The van der Waals surface area contributed by atoms with Crippen LogP contribution in [0.2, 0.25) is 0 Å². The molecule has 2 aromatic rings. The third-order valence-corrected chi connectivity index (χ3v) is 5.36. The zero-order chi connectivity index (χ0) is 20.0. The van der Waals surface area contributed by atoms with Crippen molar-refractivity contribution in [3.05, 3.63) is 17.1 Å². The first-order chi connectivity index (χ1) is 12.3. The van der Waals surface area contributed by atoms with Crippen molar-refractivity contribution in [2.45, 2.75) is 62.5 Å². The fraction of sp³-hybridized carbons (Fsp3) is 0.667. The summed E-state index contributed by atoms with van der Waals surface area (Å²) in [6.45, 7) is 1.99. The second-order valence-electron chi connectivity index (χ2n) is 7.28. The van der Waals surface area contributed by atoms with Crippen molar-refractivity contribution in [1.29, 1.82) is 0 Å². The molecule has 0 radical (unpaired) electrons. The van der Waals surface area contributed by atoms with Crippen LogP contribution in [0.5, 0.6) is 0 Å². The second-order valence-corrected chi connectivity index (χ2v) is 7.28. The molecule has 1 N–H and O–H groups in total. The van der Waals surface area contributed by atoms with Crippen molar-refractivity contribution >= 4 is 0 Å². The lowest BCUT2D eigenvalue weighted by atomic mass is 9.88. The van der Waals surface area contributed by atoms with E-state index in [0.717, 1.165) is 0 Å². The van der Waals surface area contributed by atoms with Gasteiger partial charge in [0.25, 0.3) is 0 Å². The van der Waals surface area contributed by atoms with E-state index in [0.29, 0.717) is 6.92 Å². The lowest BCUT2D eigenvalue weighted by molar-refractivity contribution is -0.261. The quantitative estimate of drug-likeness (QED) is 0.788. The summed E-state index contributed by atoms with van der Waals surface area (Å²) in [5.74, 6) is -1.29. The average molecular weight is 396 g/mol. The minimum absolute atomic E-state index is 0.0272. The summed E-state index contributed by atoms with van der Waals surface area (Å²) < 4.78 is 86.1. The Morgan fingerprint density at radius 3 is 2.30 bits per heavy atom. The highest BCUT2D eigenvalue weighted by atomic mass is 19.4. The van der Waals surface area contributed by atoms with Crippen molar-refractivity contribution in [3.63, 3.8) is 0 Å². The van der Waals surface area contributed by atoms with Gasteiger partial charge in [0.05, 0.1) is 0 Å². The van der Waals surface area contributed by atoms with Crippen molar-refractivity contribution in [2.75, 3.05) is 0 Å². The van der Waals surface area contributed by atoms with E-state index in [1.165, 1.54) is 11.5 Å². The minimum Gasteiger partial charge on any atom is -0.375 e. The number of alkyl halides is 6. The Kier molecular flexibility index (Phi) is 3.40. The number of aliphatic hydroxyl groups is 1. The Bertz CT molecular complexity index is 907. The molecule has 1 fully saturated rings. The third kappa shape index (κ3) is 2.28. The molecule has 2 aliphatic rings. The number of fused-ring (bicyclic) bond motifs is 3. The highest BCUT2D eigenvalue weighted by Gasteiger charge is 2.67. The molecule has 0 amide bonds. The van der Waals surface area contributed by atoms with E-state index in [-0.39, 0.29) is 42.4 Å². The summed E-state index contributed by atoms with van der Waals surface area (Å²) in [5.41, 5.74) is -6.10. The SMILES string of the molecule is C[C@H]1Cn2c(nnc2C2(C(F)(F)F)CC2)-c2onc([C@@](C)(O)C(F)(F)F)c21. The van der Waals surface area contributed by atoms with Gasteiger partial charge in [0, 0.05) is 18.0 Å². The highest BCUT2D eigenvalue weighted by Crippen LogP contribution is 2.59. The smallest absolute Gasteiger partial charge is 0.375 e. The summed E-state index contributed by atoms with van der Waals surface area (Å²) in [6.07, 6.45) is -9.77. The van der Waals surface area contributed by atoms with Crippen LogP contribution in [0.3, 0.4) is 0 Å². The molecule has 1 aliphatic carbocycles. The lowest BCUT2D eigenvalue weighted by Crippen LogP contribution is -2.41. The lowest BCUT2D eigenvalue weighted by Gasteiger charge is -2.28. The zero-order valence-corrected chi connectivity index (χ0v) is 14.1. The fourth-order valence-electron chi connectivity index (χ4n) is 3.52. The van der Waals surface area contributed by atoms with Crippen LogP contribution in [-0.2, 0) is 17.6 Å². The maximum absolute atomic E-state index is 13.4. The van der Waals surface area contributed by atoms with Gasteiger partial charge >= 0.3 is 12.4 Å². The molecule has 0 spiro atoms. The number of rotatable bonds is 2. The van der Waals surface area contributed by atoms with Crippen molar-refractivity contribution in [3.8, 4) is 11.6 Å². The molecule has 148 valence electrons. The standard InChI is InChI=1S/C15H14F6N4O2/c1-6-5-25-10(22-23-11(25)13(3-4-13)15(19,20)21)8-7(6)9(24-27-8)12(2,26)14(16,17)18/h6,26H,3-5H2,1-2H3/t6-,12+/m0/s1. The molecule has 27 heavy (non-hydrogen) atoms. The Labute approximate surface area is 148 Å². The molecule has 0 saturated heterocycles. The van der Waals surface area contributed by atoms with Crippen molar-refractivity contribution in [2.24, 2.45) is 0 Å². The van der Waals surface area contributed by atoms with Crippen LogP contribution in [0.25, 0.3) is 11.6 Å². The van der Waals surface area contributed by atoms with Gasteiger partial charge in [-0.15, -0.1) is 10.2 Å². The molecule has 1 aliphatic heterocycles. The number of halogens is 6. The predicted octanol–water partition coefficient (Wildman–Crippen LogP) is 3.41. The van der Waals surface area contributed by atoms with Crippen molar-refractivity contribution < 1.29 is 36.0 Å². The molecule has 2 aromatic heterocycles. The van der Waals surface area contributed by atoms with Gasteiger partial charge in [-0.05, 0) is 19.8 Å². The number of aromatic nitrogens is 4. The van der Waals surface area contributed by atoms with Gasteiger partial charge in [0.15, 0.2) is 0 Å². The summed E-state index contributed by atoms with van der Waals surface area (Å²) in [5, 5.41) is 20.7. The minimum atomic E-state index is -5.01. The normalized spacial score (nSPS) is 23.5. The topological polar surface area (TPSA) is 77.0 Å². The van der Waals surface area contributed by atoms with E-state index < -0.39 is 35.0 Å². The van der Waals surface area contributed by atoms with E-state index in [4.69, 9.17) is 4.52 Å². The number of hydrogen-bond acceptors (Lipinski definition) is 5. The fourth-order valence-corrected chi connectivity index (χ4v) is 3.52. The van der Waals surface area contributed by atoms with Crippen LogP contribution >= 0.6 is 0 Å². The highest BCUT2D eigenvalue weighted by molar-refractivity contribution is 5.59. The summed E-state index contributed by atoms with van der Waals surface area (Å²) >= 11 is 0. The Hall–Kier alpha value is -2.11. The number of hydrogen-bond donors (Lipinski definition) is 1. The van der Waals surface area contributed by atoms with Crippen LogP contribution in [0.1, 0.15) is 49.7 Å². The Morgan fingerprint density at radius 1 is 1.15 bits per heavy atom. The molecule has 3 heterocycles. The molecule has 0 unspecified atom stereocenters. The molecular formula is C15H14F6N4O2. The van der Waals surface area contributed by atoms with E-state index >= 15 is 0 Å². The zero-order valence-electron chi connectivity index (χ0n) is 14.1. The van der Waals surface area contributed by atoms with Gasteiger partial charge in [0.2, 0.25) is 17.2 Å². The maximum atomic E-state index is 13.4. The molecule has 0 aromatic carbocycles. The molecule has 4 rings (SSSR count). The van der Waals surface area contributed by atoms with Gasteiger partial charge in [-0.2, -0.15) is 26.3 Å². The van der Waals surface area contributed by atoms with Crippen LogP contribution in [0.15, 0.2) is 4.52 Å². The van der Waals surface area contributed by atoms with Crippen LogP contribution in [0, 0.1) is 0 Å². The second kappa shape index (κ2) is 5.03. The van der Waals surface area contributed by atoms with Gasteiger partial charge in [-0.1, -0.05) is 12.1 Å².